The monoisotopic (exact) mass is 326 g/mol. The third-order valence-corrected chi connectivity index (χ3v) is 3.11. The second-order valence-electron chi connectivity index (χ2n) is 4.11. The maximum atomic E-state index is 12.0. The van der Waals surface area contributed by atoms with E-state index in [-0.39, 0.29) is 19.0 Å². The number of nitrogens with zero attached hydrogens (tertiary/aromatic N) is 2. The van der Waals surface area contributed by atoms with Gasteiger partial charge in [-0.1, -0.05) is 11.6 Å². The van der Waals surface area contributed by atoms with Gasteiger partial charge in [-0.2, -0.15) is 13.2 Å². The van der Waals surface area contributed by atoms with Gasteiger partial charge in [0.1, 0.15) is 12.4 Å². The molecule has 2 rings (SSSR count). The van der Waals surface area contributed by atoms with Crippen LogP contribution in [0, 0.1) is 0 Å². The summed E-state index contributed by atoms with van der Waals surface area (Å²) in [5.74, 6) is 0.727. The van der Waals surface area contributed by atoms with Gasteiger partial charge in [0.15, 0.2) is 0 Å². The van der Waals surface area contributed by atoms with Crippen molar-refractivity contribution in [2.75, 3.05) is 13.2 Å². The zero-order chi connectivity index (χ0) is 14.8. The molecule has 0 saturated carbocycles. The summed E-state index contributed by atoms with van der Waals surface area (Å²) in [6, 6.07) is 5.13. The van der Waals surface area contributed by atoms with Crippen LogP contribution in [-0.2, 0) is 17.2 Å². The molecule has 0 amide bonds. The molecule has 0 atom stereocenters. The molecule has 20 heavy (non-hydrogen) atoms. The Hall–Kier alpha value is -0.980. The van der Waals surface area contributed by atoms with Crippen LogP contribution in [-0.4, -0.2) is 28.9 Å². The van der Waals surface area contributed by atoms with Crippen LogP contribution in [0.3, 0.4) is 0 Å². The van der Waals surface area contributed by atoms with Crippen molar-refractivity contribution >= 4 is 34.2 Å². The third kappa shape index (κ3) is 3.77. The Bertz CT molecular complexity index is 598. The SMILES string of the molecule is FC(F)(F)COCCn1c(CCl)nc2cc(Cl)ccc21. The number of aromatic nitrogens is 2. The van der Waals surface area contributed by atoms with Crippen molar-refractivity contribution in [1.29, 1.82) is 0 Å². The first-order valence-electron chi connectivity index (χ1n) is 5.76. The molecular weight excluding hydrogens is 316 g/mol. The van der Waals surface area contributed by atoms with Crippen molar-refractivity contribution in [2.24, 2.45) is 0 Å². The summed E-state index contributed by atoms with van der Waals surface area (Å²) in [7, 11) is 0. The minimum Gasteiger partial charge on any atom is -0.370 e. The highest BCUT2D eigenvalue weighted by atomic mass is 35.5. The molecule has 0 radical (unpaired) electrons. The maximum Gasteiger partial charge on any atom is 0.411 e. The molecular formula is C12H11Cl2F3N2O. The number of hydrogen-bond donors (Lipinski definition) is 0. The Morgan fingerprint density at radius 3 is 2.70 bits per heavy atom. The van der Waals surface area contributed by atoms with Gasteiger partial charge in [0, 0.05) is 11.6 Å². The van der Waals surface area contributed by atoms with Gasteiger partial charge in [-0.05, 0) is 18.2 Å². The van der Waals surface area contributed by atoms with Crippen molar-refractivity contribution < 1.29 is 17.9 Å². The van der Waals surface area contributed by atoms with Crippen molar-refractivity contribution in [1.82, 2.24) is 9.55 Å². The molecule has 0 bridgehead atoms. The largest absolute Gasteiger partial charge is 0.411 e. The number of hydrogen-bond acceptors (Lipinski definition) is 2. The van der Waals surface area contributed by atoms with Gasteiger partial charge >= 0.3 is 6.18 Å². The summed E-state index contributed by atoms with van der Waals surface area (Å²) in [5, 5.41) is 0.539. The predicted octanol–water partition coefficient (Wildman–Crippen LogP) is 4.01. The van der Waals surface area contributed by atoms with E-state index >= 15 is 0 Å². The Morgan fingerprint density at radius 1 is 1.30 bits per heavy atom. The second kappa shape index (κ2) is 6.20. The number of fused-ring (bicyclic) bond motifs is 1. The van der Waals surface area contributed by atoms with E-state index in [1.807, 2.05) is 0 Å². The second-order valence-corrected chi connectivity index (χ2v) is 4.82. The highest BCUT2D eigenvalue weighted by molar-refractivity contribution is 6.31. The van der Waals surface area contributed by atoms with Crippen LogP contribution >= 0.6 is 23.2 Å². The minimum atomic E-state index is -4.32. The number of ether oxygens (including phenoxy) is 1. The average Bonchev–Trinajstić information content (AvgIpc) is 2.70. The first-order valence-corrected chi connectivity index (χ1v) is 6.67. The van der Waals surface area contributed by atoms with Crippen LogP contribution in [0.25, 0.3) is 11.0 Å². The molecule has 0 aliphatic carbocycles. The molecule has 110 valence electrons. The first-order chi connectivity index (χ1) is 9.40. The summed E-state index contributed by atoms with van der Waals surface area (Å²) >= 11 is 11.7. The molecule has 0 aliphatic heterocycles. The summed E-state index contributed by atoms with van der Waals surface area (Å²) in [5.41, 5.74) is 1.42. The van der Waals surface area contributed by atoms with E-state index in [0.29, 0.717) is 16.4 Å². The molecule has 0 N–H and O–H groups in total. The van der Waals surface area contributed by atoms with Crippen LogP contribution < -0.4 is 0 Å². The van der Waals surface area contributed by atoms with Gasteiger partial charge in [-0.15, -0.1) is 11.6 Å². The number of rotatable bonds is 5. The zero-order valence-electron chi connectivity index (χ0n) is 10.3. The number of alkyl halides is 4. The zero-order valence-corrected chi connectivity index (χ0v) is 11.8. The lowest BCUT2D eigenvalue weighted by Gasteiger charge is -2.10. The lowest BCUT2D eigenvalue weighted by atomic mass is 10.3. The highest BCUT2D eigenvalue weighted by Gasteiger charge is 2.27. The summed E-state index contributed by atoms with van der Waals surface area (Å²) in [6.07, 6.45) is -4.32. The molecule has 1 heterocycles. The lowest BCUT2D eigenvalue weighted by molar-refractivity contribution is -0.174. The summed E-state index contributed by atoms with van der Waals surface area (Å²) < 4.78 is 42.3. The highest BCUT2D eigenvalue weighted by Crippen LogP contribution is 2.21. The predicted molar refractivity (Wildman–Crippen MR) is 71.2 cm³/mol. The molecule has 0 unspecified atom stereocenters. The molecule has 3 nitrogen and oxygen atoms in total. The lowest BCUT2D eigenvalue weighted by Crippen LogP contribution is -2.19. The average molecular weight is 327 g/mol. The Balaban J connectivity index is 2.12. The smallest absolute Gasteiger partial charge is 0.370 e. The quantitative estimate of drug-likeness (QED) is 0.613. The molecule has 0 aliphatic rings. The van der Waals surface area contributed by atoms with E-state index in [0.717, 1.165) is 5.52 Å². The molecule has 0 spiro atoms. The Kier molecular flexibility index (Phi) is 4.78. The minimum absolute atomic E-state index is 0.0719. The fourth-order valence-electron chi connectivity index (χ4n) is 1.85. The third-order valence-electron chi connectivity index (χ3n) is 2.63. The molecule has 8 heteroatoms. The van der Waals surface area contributed by atoms with E-state index < -0.39 is 12.8 Å². The van der Waals surface area contributed by atoms with Gasteiger partial charge < -0.3 is 9.30 Å². The fraction of sp³-hybridized carbons (Fsp3) is 0.417. The first kappa shape index (κ1) is 15.4. The van der Waals surface area contributed by atoms with Crippen LogP contribution in [0.4, 0.5) is 13.2 Å². The van der Waals surface area contributed by atoms with E-state index in [9.17, 15) is 13.2 Å². The number of halogens is 5. The van der Waals surface area contributed by atoms with Gasteiger partial charge in [0.05, 0.1) is 23.5 Å². The molecule has 1 aromatic carbocycles. The van der Waals surface area contributed by atoms with E-state index in [4.69, 9.17) is 23.2 Å². The van der Waals surface area contributed by atoms with E-state index in [2.05, 4.69) is 9.72 Å². The van der Waals surface area contributed by atoms with Crippen LogP contribution in [0.15, 0.2) is 18.2 Å². The summed E-state index contributed by atoms with van der Waals surface area (Å²) in [4.78, 5) is 4.29. The van der Waals surface area contributed by atoms with E-state index in [1.165, 1.54) is 0 Å². The van der Waals surface area contributed by atoms with E-state index in [1.54, 1.807) is 22.8 Å². The van der Waals surface area contributed by atoms with Gasteiger partial charge in [0.25, 0.3) is 0 Å². The van der Waals surface area contributed by atoms with Crippen LogP contribution in [0.2, 0.25) is 5.02 Å². The van der Waals surface area contributed by atoms with Crippen LogP contribution in [0.5, 0.6) is 0 Å². The van der Waals surface area contributed by atoms with Crippen molar-refractivity contribution in [3.8, 4) is 0 Å². The summed E-state index contributed by atoms with van der Waals surface area (Å²) in [6.45, 7) is -1.09. The topological polar surface area (TPSA) is 27.1 Å². The number of benzene rings is 1. The molecule has 0 fully saturated rings. The van der Waals surface area contributed by atoms with Crippen molar-refractivity contribution in [3.63, 3.8) is 0 Å². The van der Waals surface area contributed by atoms with Crippen molar-refractivity contribution in [2.45, 2.75) is 18.6 Å². The van der Waals surface area contributed by atoms with Crippen LogP contribution in [0.1, 0.15) is 5.82 Å². The van der Waals surface area contributed by atoms with Gasteiger partial charge in [0.2, 0.25) is 0 Å². The standard InChI is InChI=1S/C12H11Cl2F3N2O/c13-6-11-18-9-5-8(14)1-2-10(9)19(11)3-4-20-7-12(15,16)17/h1-2,5H,3-4,6-7H2. The fourth-order valence-corrected chi connectivity index (χ4v) is 2.22. The number of imidazole rings is 1. The van der Waals surface area contributed by atoms with Crippen molar-refractivity contribution in [3.05, 3.63) is 29.0 Å². The Labute approximate surface area is 123 Å². The van der Waals surface area contributed by atoms with Gasteiger partial charge in [-0.3, -0.25) is 0 Å². The normalized spacial score (nSPS) is 12.2. The maximum absolute atomic E-state index is 12.0. The Morgan fingerprint density at radius 2 is 2.05 bits per heavy atom. The molecule has 1 aromatic heterocycles. The molecule has 2 aromatic rings. The molecule has 0 saturated heterocycles. The van der Waals surface area contributed by atoms with Gasteiger partial charge in [-0.25, -0.2) is 4.98 Å².